The fraction of sp³-hybridized carbons (Fsp3) is 0.625. The Kier molecular flexibility index (Phi) is 4.79. The van der Waals surface area contributed by atoms with E-state index in [0.29, 0.717) is 6.04 Å². The molecule has 2 rings (SSSR count). The van der Waals surface area contributed by atoms with Gasteiger partial charge in [-0.2, -0.15) is 0 Å². The van der Waals surface area contributed by atoms with Gasteiger partial charge in [-0.25, -0.2) is 0 Å². The van der Waals surface area contributed by atoms with E-state index < -0.39 is 0 Å². The predicted molar refractivity (Wildman–Crippen MR) is 77.7 cm³/mol. The van der Waals surface area contributed by atoms with Crippen molar-refractivity contribution in [3.8, 4) is 0 Å². The number of nitrogens with one attached hydrogen (secondary N) is 1. The first-order valence-electron chi connectivity index (χ1n) is 7.12. The average molecular weight is 246 g/mol. The van der Waals surface area contributed by atoms with Gasteiger partial charge in [0, 0.05) is 19.1 Å². The summed E-state index contributed by atoms with van der Waals surface area (Å²) in [5.74, 6) is 0.873. The molecule has 18 heavy (non-hydrogen) atoms. The third kappa shape index (κ3) is 3.82. The fourth-order valence-corrected chi connectivity index (χ4v) is 2.82. The summed E-state index contributed by atoms with van der Waals surface area (Å²) in [7, 11) is 2.06. The lowest BCUT2D eigenvalue weighted by molar-refractivity contribution is 0.307. The Morgan fingerprint density at radius 1 is 1.33 bits per heavy atom. The summed E-state index contributed by atoms with van der Waals surface area (Å²) in [4.78, 5) is 2.59. The van der Waals surface area contributed by atoms with Crippen molar-refractivity contribution in [1.82, 2.24) is 10.2 Å². The van der Waals surface area contributed by atoms with Crippen molar-refractivity contribution in [2.24, 2.45) is 5.92 Å². The second kappa shape index (κ2) is 6.35. The molecular weight excluding hydrogens is 220 g/mol. The van der Waals surface area contributed by atoms with E-state index in [1.807, 2.05) is 0 Å². The summed E-state index contributed by atoms with van der Waals surface area (Å²) in [6.45, 7) is 8.07. The molecule has 2 nitrogen and oxygen atoms in total. The summed E-state index contributed by atoms with van der Waals surface area (Å²) in [6.07, 6.45) is 2.67. The lowest BCUT2D eigenvalue weighted by Gasteiger charge is -2.18. The van der Waals surface area contributed by atoms with Gasteiger partial charge in [0.2, 0.25) is 0 Å². The molecule has 0 bridgehead atoms. The van der Waals surface area contributed by atoms with Gasteiger partial charge in [0.05, 0.1) is 0 Å². The molecule has 1 fully saturated rings. The van der Waals surface area contributed by atoms with E-state index in [2.05, 4.69) is 55.4 Å². The second-order valence-corrected chi connectivity index (χ2v) is 5.80. The van der Waals surface area contributed by atoms with Gasteiger partial charge in [0.25, 0.3) is 0 Å². The molecule has 0 spiro atoms. The molecule has 1 N–H and O–H groups in total. The number of benzene rings is 1. The Balaban J connectivity index is 1.80. The molecule has 2 heteroatoms. The minimum Gasteiger partial charge on any atom is -0.317 e. The molecule has 0 aliphatic carbocycles. The van der Waals surface area contributed by atoms with Crippen molar-refractivity contribution < 1.29 is 0 Å². The topological polar surface area (TPSA) is 15.3 Å². The van der Waals surface area contributed by atoms with Crippen LogP contribution in [0.3, 0.4) is 0 Å². The zero-order valence-electron chi connectivity index (χ0n) is 11.9. The first-order chi connectivity index (χ1) is 8.67. The van der Waals surface area contributed by atoms with Crippen LogP contribution >= 0.6 is 0 Å². The van der Waals surface area contributed by atoms with E-state index in [-0.39, 0.29) is 0 Å². The van der Waals surface area contributed by atoms with Crippen LogP contribution in [-0.2, 0) is 6.54 Å². The highest BCUT2D eigenvalue weighted by Crippen LogP contribution is 2.22. The van der Waals surface area contributed by atoms with Gasteiger partial charge in [0.1, 0.15) is 0 Å². The SMILES string of the molecule is CNC(C)CC1CCN(Cc2ccc(C)cc2)C1. The normalized spacial score (nSPS) is 22.3. The van der Waals surface area contributed by atoms with E-state index in [1.165, 1.54) is 37.1 Å². The van der Waals surface area contributed by atoms with E-state index in [4.69, 9.17) is 0 Å². The molecule has 1 saturated heterocycles. The Labute approximate surface area is 111 Å². The molecule has 2 unspecified atom stereocenters. The highest BCUT2D eigenvalue weighted by atomic mass is 15.1. The maximum Gasteiger partial charge on any atom is 0.0233 e. The Morgan fingerprint density at radius 2 is 2.06 bits per heavy atom. The minimum absolute atomic E-state index is 0.648. The molecule has 1 aliphatic heterocycles. The van der Waals surface area contributed by atoms with Crippen LogP contribution in [0.2, 0.25) is 0 Å². The molecule has 1 heterocycles. The van der Waals surface area contributed by atoms with Crippen LogP contribution in [0.4, 0.5) is 0 Å². The molecular formula is C16H26N2. The first-order valence-corrected chi connectivity index (χ1v) is 7.12. The number of hydrogen-bond donors (Lipinski definition) is 1. The van der Waals surface area contributed by atoms with Crippen molar-refractivity contribution in [3.05, 3.63) is 35.4 Å². The number of rotatable bonds is 5. The smallest absolute Gasteiger partial charge is 0.0233 e. The molecule has 0 aromatic heterocycles. The van der Waals surface area contributed by atoms with Gasteiger partial charge >= 0.3 is 0 Å². The molecule has 100 valence electrons. The van der Waals surface area contributed by atoms with Gasteiger partial charge in [-0.1, -0.05) is 29.8 Å². The standard InChI is InChI=1S/C16H26N2/c1-13-4-6-15(7-5-13)11-18-9-8-16(12-18)10-14(2)17-3/h4-7,14,16-17H,8-12H2,1-3H3. The quantitative estimate of drug-likeness (QED) is 0.859. The van der Waals surface area contributed by atoms with Crippen molar-refractivity contribution >= 4 is 0 Å². The molecule has 1 aromatic carbocycles. The van der Waals surface area contributed by atoms with Crippen molar-refractivity contribution in [3.63, 3.8) is 0 Å². The number of aryl methyl sites for hydroxylation is 1. The van der Waals surface area contributed by atoms with Gasteiger partial charge in [-0.3, -0.25) is 4.90 Å². The highest BCUT2D eigenvalue weighted by molar-refractivity contribution is 5.21. The third-order valence-corrected chi connectivity index (χ3v) is 4.08. The highest BCUT2D eigenvalue weighted by Gasteiger charge is 2.23. The van der Waals surface area contributed by atoms with Crippen LogP contribution in [0, 0.1) is 12.8 Å². The Hall–Kier alpha value is -0.860. The summed E-state index contributed by atoms with van der Waals surface area (Å²) in [6, 6.07) is 9.60. The van der Waals surface area contributed by atoms with Gasteiger partial charge in [-0.15, -0.1) is 0 Å². The van der Waals surface area contributed by atoms with Gasteiger partial charge in [-0.05, 0) is 51.8 Å². The number of nitrogens with zero attached hydrogens (tertiary/aromatic N) is 1. The summed E-state index contributed by atoms with van der Waals surface area (Å²) >= 11 is 0. The van der Waals surface area contributed by atoms with Crippen molar-refractivity contribution in [2.75, 3.05) is 20.1 Å². The van der Waals surface area contributed by atoms with Crippen LogP contribution < -0.4 is 5.32 Å². The number of hydrogen-bond acceptors (Lipinski definition) is 2. The lowest BCUT2D eigenvalue weighted by atomic mass is 10.0. The zero-order chi connectivity index (χ0) is 13.0. The maximum absolute atomic E-state index is 3.34. The predicted octanol–water partition coefficient (Wildman–Crippen LogP) is 2.81. The monoisotopic (exact) mass is 246 g/mol. The second-order valence-electron chi connectivity index (χ2n) is 5.80. The van der Waals surface area contributed by atoms with Crippen LogP contribution in [0.15, 0.2) is 24.3 Å². The van der Waals surface area contributed by atoms with Crippen LogP contribution in [0.5, 0.6) is 0 Å². The molecule has 2 atom stereocenters. The third-order valence-electron chi connectivity index (χ3n) is 4.08. The Bertz CT molecular complexity index is 358. The van der Waals surface area contributed by atoms with E-state index in [9.17, 15) is 0 Å². The molecule has 0 amide bonds. The molecule has 1 aromatic rings. The van der Waals surface area contributed by atoms with Crippen LogP contribution in [0.1, 0.15) is 30.9 Å². The summed E-state index contributed by atoms with van der Waals surface area (Å²) < 4.78 is 0. The first kappa shape index (κ1) is 13.6. The lowest BCUT2D eigenvalue weighted by Crippen LogP contribution is -2.26. The molecule has 1 aliphatic rings. The van der Waals surface area contributed by atoms with E-state index in [1.54, 1.807) is 0 Å². The van der Waals surface area contributed by atoms with Gasteiger partial charge < -0.3 is 5.32 Å². The number of likely N-dealkylation sites (tertiary alicyclic amines) is 1. The van der Waals surface area contributed by atoms with Crippen molar-refractivity contribution in [2.45, 2.75) is 39.3 Å². The van der Waals surface area contributed by atoms with Gasteiger partial charge in [0.15, 0.2) is 0 Å². The average Bonchev–Trinajstić information content (AvgIpc) is 2.79. The zero-order valence-corrected chi connectivity index (χ0v) is 11.9. The van der Waals surface area contributed by atoms with E-state index in [0.717, 1.165) is 12.5 Å². The molecule has 0 radical (unpaired) electrons. The largest absolute Gasteiger partial charge is 0.317 e. The van der Waals surface area contributed by atoms with Crippen LogP contribution in [-0.4, -0.2) is 31.1 Å². The summed E-state index contributed by atoms with van der Waals surface area (Å²) in [5, 5.41) is 3.34. The van der Waals surface area contributed by atoms with E-state index >= 15 is 0 Å². The van der Waals surface area contributed by atoms with Crippen LogP contribution in [0.25, 0.3) is 0 Å². The maximum atomic E-state index is 3.34. The minimum atomic E-state index is 0.648. The molecule has 0 saturated carbocycles. The fourth-order valence-electron chi connectivity index (χ4n) is 2.82. The van der Waals surface area contributed by atoms with Crippen molar-refractivity contribution in [1.29, 1.82) is 0 Å². The Morgan fingerprint density at radius 3 is 2.72 bits per heavy atom. The summed E-state index contributed by atoms with van der Waals surface area (Å²) in [5.41, 5.74) is 2.80.